The van der Waals surface area contributed by atoms with Crippen LogP contribution < -0.4 is 10.6 Å². The summed E-state index contributed by atoms with van der Waals surface area (Å²) >= 11 is 0. The Hall–Kier alpha value is -1.29. The molecular weight excluding hydrogens is 226 g/mol. The van der Waals surface area contributed by atoms with Crippen molar-refractivity contribution in [3.8, 4) is 0 Å². The lowest BCUT2D eigenvalue weighted by Gasteiger charge is -2.15. The van der Waals surface area contributed by atoms with Gasteiger partial charge in [-0.25, -0.2) is 0 Å². The van der Waals surface area contributed by atoms with Crippen molar-refractivity contribution in [1.82, 2.24) is 15.2 Å². The molecule has 0 aromatic carbocycles. The van der Waals surface area contributed by atoms with Crippen molar-refractivity contribution in [3.63, 3.8) is 0 Å². The van der Waals surface area contributed by atoms with Crippen LogP contribution >= 0.6 is 0 Å². The zero-order valence-corrected chi connectivity index (χ0v) is 11.7. The predicted octanol–water partition coefficient (Wildman–Crippen LogP) is 2.07. The molecule has 2 N–H and O–H groups in total. The average molecular weight is 251 g/mol. The van der Waals surface area contributed by atoms with Crippen LogP contribution in [-0.4, -0.2) is 23.6 Å². The second kappa shape index (κ2) is 7.93. The van der Waals surface area contributed by atoms with Gasteiger partial charge in [0.1, 0.15) is 6.54 Å². The molecule has 1 amide bonds. The molecule has 1 atom stereocenters. The molecule has 0 aliphatic carbocycles. The first-order valence-electron chi connectivity index (χ1n) is 6.87. The first-order chi connectivity index (χ1) is 8.71. The molecular formula is C14H25N3O. The second-order valence-corrected chi connectivity index (χ2v) is 4.47. The summed E-state index contributed by atoms with van der Waals surface area (Å²) in [6.07, 6.45) is 6.32. The van der Waals surface area contributed by atoms with E-state index in [1.165, 1.54) is 5.56 Å². The van der Waals surface area contributed by atoms with E-state index in [-0.39, 0.29) is 5.91 Å². The van der Waals surface area contributed by atoms with E-state index in [2.05, 4.69) is 36.7 Å². The number of aromatic nitrogens is 1. The molecule has 1 aromatic rings. The zero-order chi connectivity index (χ0) is 13.4. The number of carbonyl (C=O) groups is 1. The molecule has 1 unspecified atom stereocenters. The van der Waals surface area contributed by atoms with Gasteiger partial charge in [-0.2, -0.15) is 0 Å². The molecule has 0 radical (unpaired) electrons. The number of hydrogen-bond donors (Lipinski definition) is 2. The number of hydrogen-bond acceptors (Lipinski definition) is 2. The summed E-state index contributed by atoms with van der Waals surface area (Å²) in [6, 6.07) is 2.50. The number of likely N-dealkylation sites (N-methyl/N-ethyl adjacent to an activating group) is 1. The maximum atomic E-state index is 11.5. The lowest BCUT2D eigenvalue weighted by molar-refractivity contribution is -0.121. The Labute approximate surface area is 110 Å². The number of rotatable bonds is 8. The molecule has 0 spiro atoms. The van der Waals surface area contributed by atoms with E-state index in [0.717, 1.165) is 19.4 Å². The van der Waals surface area contributed by atoms with Crippen LogP contribution in [0, 0.1) is 0 Å². The van der Waals surface area contributed by atoms with Crippen LogP contribution in [0.2, 0.25) is 0 Å². The van der Waals surface area contributed by atoms with E-state index in [4.69, 9.17) is 0 Å². The van der Waals surface area contributed by atoms with Crippen LogP contribution in [-0.2, 0) is 11.3 Å². The molecule has 4 nitrogen and oxygen atoms in total. The quantitative estimate of drug-likeness (QED) is 0.743. The molecule has 102 valence electrons. The van der Waals surface area contributed by atoms with Crippen LogP contribution in [0.5, 0.6) is 0 Å². The monoisotopic (exact) mass is 251 g/mol. The van der Waals surface area contributed by atoms with Gasteiger partial charge in [0.15, 0.2) is 0 Å². The number of amides is 1. The molecule has 0 aliphatic rings. The fourth-order valence-corrected chi connectivity index (χ4v) is 2.10. The minimum Gasteiger partial charge on any atom is -0.355 e. The zero-order valence-electron chi connectivity index (χ0n) is 11.7. The van der Waals surface area contributed by atoms with Gasteiger partial charge in [0, 0.05) is 25.0 Å². The molecule has 1 aromatic heterocycles. The van der Waals surface area contributed by atoms with Gasteiger partial charge in [-0.15, -0.1) is 0 Å². The predicted molar refractivity (Wildman–Crippen MR) is 74.4 cm³/mol. The molecule has 0 fully saturated rings. The van der Waals surface area contributed by atoms with Crippen LogP contribution in [0.25, 0.3) is 0 Å². The smallest absolute Gasteiger partial charge is 0.239 e. The lowest BCUT2D eigenvalue weighted by atomic mass is 10.1. The van der Waals surface area contributed by atoms with Gasteiger partial charge in [0.25, 0.3) is 0 Å². The summed E-state index contributed by atoms with van der Waals surface area (Å²) in [6.45, 7) is 8.29. The van der Waals surface area contributed by atoms with E-state index in [9.17, 15) is 4.79 Å². The fraction of sp³-hybridized carbons (Fsp3) is 0.643. The Morgan fingerprint density at radius 1 is 1.33 bits per heavy atom. The number of carbonyl (C=O) groups excluding carboxylic acids is 1. The maximum Gasteiger partial charge on any atom is 0.239 e. The van der Waals surface area contributed by atoms with Crippen LogP contribution in [0.15, 0.2) is 18.5 Å². The molecule has 0 saturated heterocycles. The number of nitrogens with one attached hydrogen (secondary N) is 2. The first kappa shape index (κ1) is 14.8. The Balaban J connectivity index is 2.62. The summed E-state index contributed by atoms with van der Waals surface area (Å²) < 4.78 is 1.94. The summed E-state index contributed by atoms with van der Waals surface area (Å²) in [5, 5.41) is 6.29. The second-order valence-electron chi connectivity index (χ2n) is 4.47. The van der Waals surface area contributed by atoms with Crippen molar-refractivity contribution < 1.29 is 4.79 Å². The highest BCUT2D eigenvalue weighted by molar-refractivity contribution is 5.75. The van der Waals surface area contributed by atoms with Gasteiger partial charge >= 0.3 is 0 Å². The van der Waals surface area contributed by atoms with Gasteiger partial charge in [0.2, 0.25) is 5.91 Å². The third kappa shape index (κ3) is 4.53. The minimum atomic E-state index is 0.0649. The van der Waals surface area contributed by atoms with E-state index in [1.807, 2.05) is 17.7 Å². The van der Waals surface area contributed by atoms with E-state index in [0.29, 0.717) is 19.1 Å². The SMILES string of the molecule is CCCC(NCC)c1ccn(CC(=O)NCC)c1. The van der Waals surface area contributed by atoms with Gasteiger partial charge in [-0.05, 0) is 31.5 Å². The summed E-state index contributed by atoms with van der Waals surface area (Å²) in [5.74, 6) is 0.0649. The van der Waals surface area contributed by atoms with Crippen molar-refractivity contribution >= 4 is 5.91 Å². The van der Waals surface area contributed by atoms with Crippen LogP contribution in [0.3, 0.4) is 0 Å². The standard InChI is InChI=1S/C14H25N3O/c1-4-7-13(15-5-2)12-8-9-17(10-12)11-14(18)16-6-3/h8-10,13,15H,4-7,11H2,1-3H3,(H,16,18). The molecule has 4 heteroatoms. The third-order valence-electron chi connectivity index (χ3n) is 2.90. The maximum absolute atomic E-state index is 11.5. The van der Waals surface area contributed by atoms with Crippen LogP contribution in [0.1, 0.15) is 45.2 Å². The summed E-state index contributed by atoms with van der Waals surface area (Å²) in [7, 11) is 0. The summed E-state index contributed by atoms with van der Waals surface area (Å²) in [5.41, 5.74) is 1.27. The van der Waals surface area contributed by atoms with E-state index < -0.39 is 0 Å². The van der Waals surface area contributed by atoms with E-state index in [1.54, 1.807) is 0 Å². The minimum absolute atomic E-state index is 0.0649. The molecule has 0 bridgehead atoms. The molecule has 0 saturated carbocycles. The summed E-state index contributed by atoms with van der Waals surface area (Å²) in [4.78, 5) is 11.5. The molecule has 1 heterocycles. The third-order valence-corrected chi connectivity index (χ3v) is 2.90. The highest BCUT2D eigenvalue weighted by Crippen LogP contribution is 2.18. The van der Waals surface area contributed by atoms with Crippen molar-refractivity contribution in [2.24, 2.45) is 0 Å². The molecule has 18 heavy (non-hydrogen) atoms. The van der Waals surface area contributed by atoms with Gasteiger partial charge in [-0.1, -0.05) is 20.3 Å². The van der Waals surface area contributed by atoms with Gasteiger partial charge in [0.05, 0.1) is 0 Å². The van der Waals surface area contributed by atoms with E-state index >= 15 is 0 Å². The Morgan fingerprint density at radius 3 is 2.72 bits per heavy atom. The molecule has 0 aliphatic heterocycles. The van der Waals surface area contributed by atoms with Crippen molar-refractivity contribution in [2.75, 3.05) is 13.1 Å². The van der Waals surface area contributed by atoms with Gasteiger partial charge in [-0.3, -0.25) is 4.79 Å². The highest BCUT2D eigenvalue weighted by Gasteiger charge is 2.11. The highest BCUT2D eigenvalue weighted by atomic mass is 16.1. The van der Waals surface area contributed by atoms with Gasteiger partial charge < -0.3 is 15.2 Å². The van der Waals surface area contributed by atoms with Crippen molar-refractivity contribution in [1.29, 1.82) is 0 Å². The number of nitrogens with zero attached hydrogens (tertiary/aromatic N) is 1. The topological polar surface area (TPSA) is 46.1 Å². The molecule has 1 rings (SSSR count). The van der Waals surface area contributed by atoms with Crippen molar-refractivity contribution in [3.05, 3.63) is 24.0 Å². The Kier molecular flexibility index (Phi) is 6.50. The Morgan fingerprint density at radius 2 is 2.11 bits per heavy atom. The average Bonchev–Trinajstić information content (AvgIpc) is 2.77. The lowest BCUT2D eigenvalue weighted by Crippen LogP contribution is -2.26. The fourth-order valence-electron chi connectivity index (χ4n) is 2.10. The largest absolute Gasteiger partial charge is 0.355 e. The Bertz CT molecular complexity index is 354. The van der Waals surface area contributed by atoms with Crippen molar-refractivity contribution in [2.45, 2.75) is 46.2 Å². The normalized spacial score (nSPS) is 12.4. The van der Waals surface area contributed by atoms with Crippen LogP contribution in [0.4, 0.5) is 0 Å². The first-order valence-corrected chi connectivity index (χ1v) is 6.87.